The van der Waals surface area contributed by atoms with Crippen molar-refractivity contribution >= 4 is 11.3 Å². The Morgan fingerprint density at radius 2 is 2.05 bits per heavy atom. The highest BCUT2D eigenvalue weighted by Gasteiger charge is 2.19. The lowest BCUT2D eigenvalue weighted by Crippen LogP contribution is -2.30. The zero-order valence-electron chi connectivity index (χ0n) is 11.8. The van der Waals surface area contributed by atoms with Crippen molar-refractivity contribution in [2.45, 2.75) is 32.9 Å². The minimum atomic E-state index is -2.87. The van der Waals surface area contributed by atoms with E-state index in [1.807, 2.05) is 13.8 Å². The zero-order chi connectivity index (χ0) is 15.4. The molecule has 0 amide bonds. The lowest BCUT2D eigenvalue weighted by molar-refractivity contribution is -0.0507. The summed E-state index contributed by atoms with van der Waals surface area (Å²) in [4.78, 5) is 5.59. The number of ether oxygens (including phenoxy) is 1. The number of hydrazine groups is 1. The number of hydrogen-bond acceptors (Lipinski definition) is 5. The average molecular weight is 313 g/mol. The predicted molar refractivity (Wildman–Crippen MR) is 78.4 cm³/mol. The van der Waals surface area contributed by atoms with Crippen LogP contribution in [-0.4, -0.2) is 11.6 Å². The molecule has 2 aromatic rings. The van der Waals surface area contributed by atoms with Gasteiger partial charge >= 0.3 is 6.61 Å². The van der Waals surface area contributed by atoms with E-state index in [1.54, 1.807) is 29.5 Å². The fourth-order valence-electron chi connectivity index (χ4n) is 2.03. The molecule has 0 fully saturated rings. The first-order chi connectivity index (χ1) is 10.0. The van der Waals surface area contributed by atoms with Crippen molar-refractivity contribution in [3.8, 4) is 5.75 Å². The third-order valence-electron chi connectivity index (χ3n) is 3.16. The SMILES string of the molecule is Cc1nc(CC(NN)c2ccccc2OC(F)F)sc1C. The van der Waals surface area contributed by atoms with E-state index in [0.29, 0.717) is 12.0 Å². The summed E-state index contributed by atoms with van der Waals surface area (Å²) in [5, 5.41) is 0.903. The van der Waals surface area contributed by atoms with Crippen molar-refractivity contribution < 1.29 is 13.5 Å². The minimum absolute atomic E-state index is 0.125. The number of aryl methyl sites for hydroxylation is 2. The van der Waals surface area contributed by atoms with E-state index in [0.717, 1.165) is 15.6 Å². The maximum atomic E-state index is 12.5. The number of benzene rings is 1. The summed E-state index contributed by atoms with van der Waals surface area (Å²) in [6, 6.07) is 6.28. The van der Waals surface area contributed by atoms with E-state index in [2.05, 4.69) is 15.1 Å². The molecule has 1 heterocycles. The number of alkyl halides is 2. The van der Waals surface area contributed by atoms with E-state index in [9.17, 15) is 8.78 Å². The first kappa shape index (κ1) is 15.8. The van der Waals surface area contributed by atoms with Crippen LogP contribution in [0.25, 0.3) is 0 Å². The molecule has 21 heavy (non-hydrogen) atoms. The Balaban J connectivity index is 2.24. The van der Waals surface area contributed by atoms with Crippen LogP contribution in [-0.2, 0) is 6.42 Å². The topological polar surface area (TPSA) is 60.2 Å². The summed E-state index contributed by atoms with van der Waals surface area (Å²) in [5.74, 6) is 5.71. The number of hydrogen-bond donors (Lipinski definition) is 2. The number of thiazole rings is 1. The van der Waals surface area contributed by atoms with Gasteiger partial charge in [0.15, 0.2) is 0 Å². The van der Waals surface area contributed by atoms with E-state index < -0.39 is 6.61 Å². The summed E-state index contributed by atoms with van der Waals surface area (Å²) < 4.78 is 29.5. The second-order valence-electron chi connectivity index (χ2n) is 4.59. The van der Waals surface area contributed by atoms with Crippen LogP contribution in [0.4, 0.5) is 8.78 Å². The van der Waals surface area contributed by atoms with Gasteiger partial charge in [0.2, 0.25) is 0 Å². The largest absolute Gasteiger partial charge is 0.434 e. The highest BCUT2D eigenvalue weighted by atomic mass is 32.1. The molecule has 0 bridgehead atoms. The summed E-state index contributed by atoms with van der Waals surface area (Å²) in [6.45, 7) is 1.07. The van der Waals surface area contributed by atoms with Gasteiger partial charge in [-0.2, -0.15) is 8.78 Å². The van der Waals surface area contributed by atoms with Crippen LogP contribution < -0.4 is 16.0 Å². The number of halogens is 2. The van der Waals surface area contributed by atoms with Gasteiger partial charge in [0.05, 0.1) is 16.7 Å². The first-order valence-electron chi connectivity index (χ1n) is 6.44. The van der Waals surface area contributed by atoms with Crippen LogP contribution in [0.1, 0.15) is 27.2 Å². The Bertz CT molecular complexity index is 584. The molecule has 0 aliphatic rings. The average Bonchev–Trinajstić information content (AvgIpc) is 2.75. The fraction of sp³-hybridized carbons (Fsp3) is 0.357. The highest BCUT2D eigenvalue weighted by Crippen LogP contribution is 2.29. The second kappa shape index (κ2) is 6.93. The summed E-state index contributed by atoms with van der Waals surface area (Å²) in [6.07, 6.45) is 0.513. The van der Waals surface area contributed by atoms with Gasteiger partial charge in [-0.3, -0.25) is 11.3 Å². The summed E-state index contributed by atoms with van der Waals surface area (Å²) >= 11 is 1.58. The molecule has 0 aliphatic heterocycles. The van der Waals surface area contributed by atoms with Crippen LogP contribution in [0.3, 0.4) is 0 Å². The molecule has 1 atom stereocenters. The van der Waals surface area contributed by atoms with Crippen LogP contribution >= 0.6 is 11.3 Å². The lowest BCUT2D eigenvalue weighted by atomic mass is 10.0. The minimum Gasteiger partial charge on any atom is -0.434 e. The molecule has 0 saturated heterocycles. The molecule has 1 unspecified atom stereocenters. The fourth-order valence-corrected chi connectivity index (χ4v) is 3.01. The van der Waals surface area contributed by atoms with Crippen molar-refractivity contribution in [2.24, 2.45) is 5.84 Å². The molecule has 0 saturated carbocycles. The molecule has 0 spiro atoms. The Morgan fingerprint density at radius 3 is 2.62 bits per heavy atom. The predicted octanol–water partition coefficient (Wildman–Crippen LogP) is 3.11. The lowest BCUT2D eigenvalue weighted by Gasteiger charge is -2.18. The van der Waals surface area contributed by atoms with Gasteiger partial charge in [-0.25, -0.2) is 4.98 Å². The zero-order valence-corrected chi connectivity index (χ0v) is 12.6. The molecular weight excluding hydrogens is 296 g/mol. The number of nitrogens with two attached hydrogens (primary N) is 1. The Hall–Kier alpha value is -1.57. The van der Waals surface area contributed by atoms with E-state index in [1.165, 1.54) is 6.07 Å². The van der Waals surface area contributed by atoms with E-state index >= 15 is 0 Å². The van der Waals surface area contributed by atoms with Gasteiger partial charge in [-0.15, -0.1) is 11.3 Å². The van der Waals surface area contributed by atoms with Gasteiger partial charge in [0.25, 0.3) is 0 Å². The van der Waals surface area contributed by atoms with Gasteiger partial charge in [0, 0.05) is 16.9 Å². The number of nitrogens with zero attached hydrogens (tertiary/aromatic N) is 1. The highest BCUT2D eigenvalue weighted by molar-refractivity contribution is 7.11. The Kier molecular flexibility index (Phi) is 5.22. The number of aromatic nitrogens is 1. The Morgan fingerprint density at radius 1 is 1.33 bits per heavy atom. The third kappa shape index (κ3) is 3.96. The van der Waals surface area contributed by atoms with Crippen LogP contribution in [0.5, 0.6) is 5.75 Å². The molecule has 114 valence electrons. The number of rotatable bonds is 6. The monoisotopic (exact) mass is 313 g/mol. The van der Waals surface area contributed by atoms with Crippen molar-refractivity contribution in [3.05, 3.63) is 45.4 Å². The normalized spacial score (nSPS) is 12.7. The second-order valence-corrected chi connectivity index (χ2v) is 5.88. The van der Waals surface area contributed by atoms with Crippen LogP contribution in [0, 0.1) is 13.8 Å². The third-order valence-corrected chi connectivity index (χ3v) is 4.26. The van der Waals surface area contributed by atoms with Crippen molar-refractivity contribution in [1.82, 2.24) is 10.4 Å². The molecule has 7 heteroatoms. The molecular formula is C14H17F2N3OS. The molecule has 0 radical (unpaired) electrons. The summed E-state index contributed by atoms with van der Waals surface area (Å²) in [7, 11) is 0. The molecule has 2 rings (SSSR count). The molecule has 1 aromatic heterocycles. The maximum absolute atomic E-state index is 12.5. The van der Waals surface area contributed by atoms with Crippen LogP contribution in [0.2, 0.25) is 0 Å². The molecule has 1 aromatic carbocycles. The quantitative estimate of drug-likeness (QED) is 0.635. The van der Waals surface area contributed by atoms with Gasteiger partial charge in [-0.1, -0.05) is 18.2 Å². The van der Waals surface area contributed by atoms with Crippen molar-refractivity contribution in [3.63, 3.8) is 0 Å². The van der Waals surface area contributed by atoms with E-state index in [4.69, 9.17) is 5.84 Å². The van der Waals surface area contributed by atoms with Crippen molar-refractivity contribution in [2.75, 3.05) is 0 Å². The van der Waals surface area contributed by atoms with Crippen molar-refractivity contribution in [1.29, 1.82) is 0 Å². The smallest absolute Gasteiger partial charge is 0.387 e. The maximum Gasteiger partial charge on any atom is 0.387 e. The number of nitrogens with one attached hydrogen (secondary N) is 1. The first-order valence-corrected chi connectivity index (χ1v) is 7.25. The van der Waals surface area contributed by atoms with Gasteiger partial charge < -0.3 is 4.74 Å². The van der Waals surface area contributed by atoms with Crippen LogP contribution in [0.15, 0.2) is 24.3 Å². The molecule has 0 aliphatic carbocycles. The summed E-state index contributed by atoms with van der Waals surface area (Å²) in [5.41, 5.74) is 4.21. The standard InChI is InChI=1S/C14H17F2N3OS/c1-8-9(2)21-13(18-8)7-11(19-17)10-5-3-4-6-12(10)20-14(15)16/h3-6,11,14,19H,7,17H2,1-2H3. The molecule has 4 nitrogen and oxygen atoms in total. The van der Waals surface area contributed by atoms with Gasteiger partial charge in [0.1, 0.15) is 5.75 Å². The van der Waals surface area contributed by atoms with E-state index in [-0.39, 0.29) is 11.8 Å². The molecule has 3 N–H and O–H groups in total. The Labute approximate surface area is 125 Å². The number of para-hydroxylation sites is 1. The van der Waals surface area contributed by atoms with Gasteiger partial charge in [-0.05, 0) is 19.9 Å².